The van der Waals surface area contributed by atoms with E-state index in [1.807, 2.05) is 30.3 Å². The van der Waals surface area contributed by atoms with Gasteiger partial charge in [0, 0.05) is 0 Å². The van der Waals surface area contributed by atoms with Gasteiger partial charge in [-0.2, -0.15) is 9.69 Å². The lowest BCUT2D eigenvalue weighted by atomic mass is 10.1. The molecule has 9 nitrogen and oxygen atoms in total. The number of carbonyl (C=O) groups is 3. The van der Waals surface area contributed by atoms with E-state index in [4.69, 9.17) is 0 Å². The molecule has 0 aliphatic carbocycles. The summed E-state index contributed by atoms with van der Waals surface area (Å²) in [4.78, 5) is 36.8. The number of hydrogen-bond acceptors (Lipinski definition) is 7. The standard InChI is InChI=1S/C17H12N6O3S/c24-14(19-23-15(25)12-8-4-5-9-13(12)16(23)26)10-27-17-18-20-21-22(17)11-6-2-1-3-7-11/h1-9H,10H2,(H,19,24). The summed E-state index contributed by atoms with van der Waals surface area (Å²) in [5, 5.41) is 12.6. The van der Waals surface area contributed by atoms with E-state index in [2.05, 4.69) is 21.0 Å². The van der Waals surface area contributed by atoms with Gasteiger partial charge in [-0.15, -0.1) is 5.10 Å². The first-order valence-electron chi connectivity index (χ1n) is 7.89. The Morgan fingerprint density at radius 2 is 1.59 bits per heavy atom. The van der Waals surface area contributed by atoms with E-state index in [1.54, 1.807) is 24.3 Å². The van der Waals surface area contributed by atoms with Gasteiger partial charge in [-0.3, -0.25) is 19.8 Å². The lowest BCUT2D eigenvalue weighted by Gasteiger charge is -2.14. The summed E-state index contributed by atoms with van der Waals surface area (Å²) in [6.07, 6.45) is 0. The predicted molar refractivity (Wildman–Crippen MR) is 95.0 cm³/mol. The SMILES string of the molecule is O=C(CSc1nnnn1-c1ccccc1)NN1C(=O)c2ccccc2C1=O. The monoisotopic (exact) mass is 380 g/mol. The van der Waals surface area contributed by atoms with Crippen molar-refractivity contribution in [2.45, 2.75) is 5.16 Å². The van der Waals surface area contributed by atoms with Crippen molar-refractivity contribution in [3.05, 3.63) is 65.7 Å². The lowest BCUT2D eigenvalue weighted by molar-refractivity contribution is -0.121. The van der Waals surface area contributed by atoms with Crippen molar-refractivity contribution in [3.8, 4) is 5.69 Å². The van der Waals surface area contributed by atoms with E-state index in [9.17, 15) is 14.4 Å². The molecule has 0 unspecified atom stereocenters. The molecule has 1 aromatic heterocycles. The van der Waals surface area contributed by atoms with Crippen LogP contribution in [-0.2, 0) is 4.79 Å². The second-order valence-corrected chi connectivity index (χ2v) is 6.47. The Hall–Kier alpha value is -3.53. The van der Waals surface area contributed by atoms with Gasteiger partial charge in [0.2, 0.25) is 11.1 Å². The number of nitrogens with one attached hydrogen (secondary N) is 1. The van der Waals surface area contributed by atoms with Crippen molar-refractivity contribution in [3.63, 3.8) is 0 Å². The van der Waals surface area contributed by atoms with Crippen molar-refractivity contribution in [1.29, 1.82) is 0 Å². The third kappa shape index (κ3) is 3.17. The molecule has 0 atom stereocenters. The van der Waals surface area contributed by atoms with Gasteiger partial charge in [-0.1, -0.05) is 42.1 Å². The average molecular weight is 380 g/mol. The molecule has 2 heterocycles. The van der Waals surface area contributed by atoms with Crippen LogP contribution in [0, 0.1) is 0 Å². The number of amides is 3. The van der Waals surface area contributed by atoms with E-state index < -0.39 is 17.7 Å². The molecule has 3 aromatic rings. The number of fused-ring (bicyclic) bond motifs is 1. The van der Waals surface area contributed by atoms with Crippen LogP contribution in [-0.4, -0.2) is 48.7 Å². The first kappa shape index (κ1) is 16.9. The minimum atomic E-state index is -0.553. The highest BCUT2D eigenvalue weighted by molar-refractivity contribution is 7.99. The van der Waals surface area contributed by atoms with Crippen LogP contribution in [0.1, 0.15) is 20.7 Å². The number of rotatable bonds is 5. The minimum absolute atomic E-state index is 0.0688. The quantitative estimate of drug-likeness (QED) is 0.521. The molecule has 0 saturated heterocycles. The molecule has 10 heteroatoms. The first-order valence-corrected chi connectivity index (χ1v) is 8.87. The molecule has 2 aromatic carbocycles. The van der Waals surface area contributed by atoms with Crippen molar-refractivity contribution in [1.82, 2.24) is 30.6 Å². The number of thioether (sulfide) groups is 1. The van der Waals surface area contributed by atoms with E-state index in [-0.39, 0.29) is 16.9 Å². The van der Waals surface area contributed by atoms with Crippen molar-refractivity contribution < 1.29 is 14.4 Å². The molecule has 4 rings (SSSR count). The van der Waals surface area contributed by atoms with Crippen LogP contribution in [0.3, 0.4) is 0 Å². The fourth-order valence-electron chi connectivity index (χ4n) is 2.58. The normalized spacial score (nSPS) is 13.0. The highest BCUT2D eigenvalue weighted by atomic mass is 32.2. The Morgan fingerprint density at radius 1 is 0.963 bits per heavy atom. The fourth-order valence-corrected chi connectivity index (χ4v) is 3.26. The molecule has 1 aliphatic heterocycles. The summed E-state index contributed by atoms with van der Waals surface area (Å²) in [6, 6.07) is 15.6. The van der Waals surface area contributed by atoms with Crippen LogP contribution in [0.15, 0.2) is 59.8 Å². The first-order chi connectivity index (χ1) is 13.1. The second-order valence-electron chi connectivity index (χ2n) is 5.52. The van der Waals surface area contributed by atoms with Gasteiger partial charge in [0.25, 0.3) is 11.8 Å². The van der Waals surface area contributed by atoms with Crippen molar-refractivity contribution >= 4 is 29.5 Å². The number of benzene rings is 2. The van der Waals surface area contributed by atoms with Crippen LogP contribution < -0.4 is 5.43 Å². The number of carbonyl (C=O) groups excluding carboxylic acids is 3. The minimum Gasteiger partial charge on any atom is -0.272 e. The summed E-state index contributed by atoms with van der Waals surface area (Å²) < 4.78 is 1.50. The van der Waals surface area contributed by atoms with Crippen LogP contribution >= 0.6 is 11.8 Å². The third-order valence-electron chi connectivity index (χ3n) is 3.80. The topological polar surface area (TPSA) is 110 Å². The van der Waals surface area contributed by atoms with Crippen LogP contribution in [0.2, 0.25) is 0 Å². The number of aromatic nitrogens is 4. The maximum Gasteiger partial charge on any atom is 0.280 e. The fraction of sp³-hybridized carbons (Fsp3) is 0.0588. The summed E-state index contributed by atoms with van der Waals surface area (Å²) in [5.41, 5.74) is 3.63. The molecule has 0 saturated carbocycles. The number of nitrogens with zero attached hydrogens (tertiary/aromatic N) is 5. The molecule has 3 amide bonds. The van der Waals surface area contributed by atoms with E-state index in [0.29, 0.717) is 5.16 Å². The Labute approximate surface area is 157 Å². The van der Waals surface area contributed by atoms with E-state index in [0.717, 1.165) is 22.5 Å². The number of hydrazine groups is 1. The summed E-state index contributed by atoms with van der Waals surface area (Å²) >= 11 is 1.09. The number of hydrogen-bond donors (Lipinski definition) is 1. The molecular formula is C17H12N6O3S. The average Bonchev–Trinajstić information content (AvgIpc) is 3.26. The Morgan fingerprint density at radius 3 is 2.26 bits per heavy atom. The van der Waals surface area contributed by atoms with Crippen molar-refractivity contribution in [2.24, 2.45) is 0 Å². The Kier molecular flexibility index (Phi) is 4.38. The molecular weight excluding hydrogens is 368 g/mol. The van der Waals surface area contributed by atoms with E-state index >= 15 is 0 Å². The zero-order chi connectivity index (χ0) is 18.8. The Balaban J connectivity index is 1.41. The molecule has 1 N–H and O–H groups in total. The molecule has 0 radical (unpaired) electrons. The summed E-state index contributed by atoms with van der Waals surface area (Å²) in [5.74, 6) is -1.69. The van der Waals surface area contributed by atoms with Gasteiger partial charge >= 0.3 is 0 Å². The summed E-state index contributed by atoms with van der Waals surface area (Å²) in [7, 11) is 0. The van der Waals surface area contributed by atoms with Gasteiger partial charge in [0.1, 0.15) is 0 Å². The highest BCUT2D eigenvalue weighted by Crippen LogP contribution is 2.21. The highest BCUT2D eigenvalue weighted by Gasteiger charge is 2.36. The zero-order valence-electron chi connectivity index (χ0n) is 13.8. The number of tetrazole rings is 1. The van der Waals surface area contributed by atoms with Gasteiger partial charge < -0.3 is 0 Å². The number of imide groups is 1. The van der Waals surface area contributed by atoms with Gasteiger partial charge in [-0.25, -0.2) is 0 Å². The molecule has 134 valence electrons. The maximum atomic E-state index is 12.3. The van der Waals surface area contributed by atoms with Crippen LogP contribution in [0.4, 0.5) is 0 Å². The van der Waals surface area contributed by atoms with Crippen LogP contribution in [0.25, 0.3) is 5.69 Å². The van der Waals surface area contributed by atoms with Gasteiger partial charge in [0.15, 0.2) is 0 Å². The zero-order valence-corrected chi connectivity index (χ0v) is 14.6. The molecule has 27 heavy (non-hydrogen) atoms. The molecule has 0 bridgehead atoms. The second kappa shape index (κ2) is 7.00. The molecule has 0 fully saturated rings. The smallest absolute Gasteiger partial charge is 0.272 e. The summed E-state index contributed by atoms with van der Waals surface area (Å²) in [6.45, 7) is 0. The van der Waals surface area contributed by atoms with E-state index in [1.165, 1.54) is 4.68 Å². The largest absolute Gasteiger partial charge is 0.280 e. The van der Waals surface area contributed by atoms with Crippen molar-refractivity contribution in [2.75, 3.05) is 5.75 Å². The molecule has 1 aliphatic rings. The lowest BCUT2D eigenvalue weighted by Crippen LogP contribution is -2.46. The molecule has 0 spiro atoms. The number of para-hydroxylation sites is 1. The Bertz CT molecular complexity index is 1000. The predicted octanol–water partition coefficient (Wildman–Crippen LogP) is 1.08. The van der Waals surface area contributed by atoms with Gasteiger partial charge in [-0.05, 0) is 34.7 Å². The van der Waals surface area contributed by atoms with Gasteiger partial charge in [0.05, 0.1) is 22.6 Å². The maximum absolute atomic E-state index is 12.3. The third-order valence-corrected chi connectivity index (χ3v) is 4.72. The van der Waals surface area contributed by atoms with Crippen LogP contribution in [0.5, 0.6) is 0 Å².